The molecule has 18 rings (SSSR count). The van der Waals surface area contributed by atoms with Gasteiger partial charge in [-0.15, -0.1) is 20.4 Å². The van der Waals surface area contributed by atoms with Crippen molar-refractivity contribution < 1.29 is 4.39 Å². The highest BCUT2D eigenvalue weighted by molar-refractivity contribution is 6.32. The Kier molecular flexibility index (Phi) is 19.4. The van der Waals surface area contributed by atoms with Gasteiger partial charge in [0.15, 0.2) is 17.5 Å². The van der Waals surface area contributed by atoms with Crippen LogP contribution in [0.4, 0.5) is 21.5 Å². The molecule has 4 atom stereocenters. The molecule has 20 heteroatoms. The van der Waals surface area contributed by atoms with Crippen LogP contribution in [-0.2, 0) is 19.6 Å². The molecule has 5 aliphatic heterocycles. The van der Waals surface area contributed by atoms with E-state index in [1.807, 2.05) is 73.1 Å². The minimum Gasteiger partial charge on any atom is -0.382 e. The van der Waals surface area contributed by atoms with E-state index in [1.54, 1.807) is 12.7 Å². The molecule has 1 aliphatic carbocycles. The van der Waals surface area contributed by atoms with E-state index in [0.717, 1.165) is 144 Å². The van der Waals surface area contributed by atoms with Gasteiger partial charge in [0.2, 0.25) is 0 Å². The van der Waals surface area contributed by atoms with Crippen LogP contribution in [0.3, 0.4) is 0 Å². The van der Waals surface area contributed by atoms with E-state index in [9.17, 15) is 4.39 Å². The van der Waals surface area contributed by atoms with Crippen LogP contribution in [0.1, 0.15) is 114 Å². The number of anilines is 3. The van der Waals surface area contributed by atoms with Gasteiger partial charge in [-0.05, 0) is 239 Å². The van der Waals surface area contributed by atoms with Crippen molar-refractivity contribution in [2.24, 2.45) is 17.8 Å². The quantitative estimate of drug-likeness (QED) is 0.0884. The Labute approximate surface area is 618 Å². The Morgan fingerprint density at radius 3 is 1.61 bits per heavy atom. The van der Waals surface area contributed by atoms with Crippen molar-refractivity contribution in [3.05, 3.63) is 222 Å². The summed E-state index contributed by atoms with van der Waals surface area (Å²) in [6.07, 6.45) is 21.7. The second-order valence-electron chi connectivity index (χ2n) is 29.6. The van der Waals surface area contributed by atoms with Crippen LogP contribution in [0.2, 0.25) is 5.15 Å². The number of nitrogens with zero attached hydrogens (tertiary/aromatic N) is 15. The van der Waals surface area contributed by atoms with Crippen molar-refractivity contribution in [2.45, 2.75) is 124 Å². The van der Waals surface area contributed by atoms with Gasteiger partial charge in [0.25, 0.3) is 0 Å². The number of hydrogen-bond donors (Lipinski definition) is 3. The molecule has 3 fully saturated rings. The molecule has 3 N–H and O–H groups in total. The SMILES string of the molecule is CC1CCC(Nc2ccc3c(c2)Cn2cc(-c4ccc(C#N)cc4)cc2-c2nncn2-3)CC1.CC[C@@H](C)NC[C@@H]1CCN(c2ccc3c(c2)Cn2c(cc(-c4ccc(C#N)cc4)c2Cl)-c2nncn2-3)C1.CC[C@@H](C)NC[C@@H]1CCN(c2ccc3c(c2)Cn2cc(-c4ccc(F)cc4)cc2-c2nccn2-3)C1. The lowest BCUT2D eigenvalue weighted by Crippen LogP contribution is -2.32. The number of fused-ring (bicyclic) bond motifs is 15. The van der Waals surface area contributed by atoms with Gasteiger partial charge in [0.05, 0.1) is 64.0 Å². The summed E-state index contributed by atoms with van der Waals surface area (Å²) in [5.74, 6) is 4.53. The Balaban J connectivity index is 0.000000121. The fourth-order valence-electron chi connectivity index (χ4n) is 16.0. The molecular formula is C85H88ClFN18. The highest BCUT2D eigenvalue weighted by Crippen LogP contribution is 2.43. The van der Waals surface area contributed by atoms with Crippen LogP contribution in [0, 0.1) is 46.2 Å². The van der Waals surface area contributed by atoms with E-state index in [4.69, 9.17) is 27.1 Å². The van der Waals surface area contributed by atoms with E-state index in [2.05, 4.69) is 205 Å². The maximum Gasteiger partial charge on any atom is 0.185 e. The number of nitrogens with one attached hydrogen (secondary N) is 3. The van der Waals surface area contributed by atoms with Gasteiger partial charge < -0.3 is 39.5 Å². The van der Waals surface area contributed by atoms with Crippen molar-refractivity contribution in [3.8, 4) is 97.1 Å². The Bertz CT molecular complexity index is 5180. The molecule has 18 nitrogen and oxygen atoms in total. The molecular weight excluding hydrogens is 1330 g/mol. The molecule has 0 amide bonds. The largest absolute Gasteiger partial charge is 0.382 e. The number of benzene rings is 6. The summed E-state index contributed by atoms with van der Waals surface area (Å²) >= 11 is 7.00. The van der Waals surface area contributed by atoms with Gasteiger partial charge in [-0.25, -0.2) is 9.37 Å². The van der Waals surface area contributed by atoms with E-state index in [1.165, 1.54) is 96.5 Å². The van der Waals surface area contributed by atoms with E-state index in [-0.39, 0.29) is 5.82 Å². The Morgan fingerprint density at radius 2 is 1.05 bits per heavy atom. The highest BCUT2D eigenvalue weighted by Gasteiger charge is 2.31. The van der Waals surface area contributed by atoms with Gasteiger partial charge in [0.1, 0.15) is 23.6 Å². The van der Waals surface area contributed by atoms with E-state index < -0.39 is 0 Å². The molecule has 11 heterocycles. The number of imidazole rings is 1. The van der Waals surface area contributed by atoms with Crippen molar-refractivity contribution in [2.75, 3.05) is 54.4 Å². The van der Waals surface area contributed by atoms with Crippen molar-refractivity contribution in [1.82, 2.24) is 63.4 Å². The standard InChI is InChI=1S/C29H30ClN7.C29H32FN5.C27H26N6/c1-3-19(2)32-15-21-10-11-35(16-21)24-8-9-26-23(12-24)17-36-27(29-34-33-18-37(26)29)13-25(28(36)30)22-6-4-20(14-31)5-7-22;1-3-20(2)32-16-21-10-12-33(17-21)26-8-9-27-24(14-26)19-34-18-23(22-4-6-25(30)7-5-22)15-28(34)29-31-11-13-35(27)29;1-18-2-8-23(9-3-18)30-24-10-11-25-22(12-24)16-32-15-21(20-6-4-19(14-28)5-7-20)13-26(32)27-31-29-17-33(25)27/h4-9,12-13,18-19,21,32H,3,10-11,15-17H2,1-2H3;4-9,11,13-15,18,20-21,32H,3,10,12,16-17,19H2,1-2H3;4-7,10-13,15,17-18,23,30H,2-3,8-9,16H2,1H3/t19-,21+;20-,21+;/m11./s1. The van der Waals surface area contributed by atoms with Gasteiger partial charge >= 0.3 is 0 Å². The number of hydrogen-bond acceptors (Lipinski definition) is 12. The average molecular weight is 1420 g/mol. The zero-order valence-electron chi connectivity index (χ0n) is 60.3. The zero-order chi connectivity index (χ0) is 71.8. The first-order valence-electron chi connectivity index (χ1n) is 37.4. The molecule has 0 spiro atoms. The first kappa shape index (κ1) is 68.6. The van der Waals surface area contributed by atoms with Crippen molar-refractivity contribution >= 4 is 28.7 Å². The predicted molar refractivity (Wildman–Crippen MR) is 416 cm³/mol. The number of rotatable bonds is 15. The molecule has 0 radical (unpaired) electrons. The first-order chi connectivity index (χ1) is 51.3. The molecule has 2 saturated heterocycles. The topological polar surface area (TPSA) is 184 Å². The lowest BCUT2D eigenvalue weighted by atomic mass is 9.87. The maximum absolute atomic E-state index is 13.5. The van der Waals surface area contributed by atoms with Gasteiger partial charge in [-0.1, -0.05) is 68.8 Å². The fourth-order valence-corrected chi connectivity index (χ4v) is 16.3. The summed E-state index contributed by atoms with van der Waals surface area (Å²) in [4.78, 5) is 9.73. The fraction of sp³-hybridized carbons (Fsp3) is 0.329. The minimum atomic E-state index is -0.216. The van der Waals surface area contributed by atoms with E-state index in [0.29, 0.717) is 52.8 Å². The molecule has 0 bridgehead atoms. The Hall–Kier alpha value is -10.8. The van der Waals surface area contributed by atoms with Crippen LogP contribution < -0.4 is 25.8 Å². The third kappa shape index (κ3) is 14.1. The predicted octanol–water partition coefficient (Wildman–Crippen LogP) is 16.9. The average Bonchev–Trinajstić information content (AvgIpc) is 1.59. The summed E-state index contributed by atoms with van der Waals surface area (Å²) in [6.45, 7) is 20.0. The van der Waals surface area contributed by atoms with Crippen LogP contribution in [0.5, 0.6) is 0 Å². The molecule has 105 heavy (non-hydrogen) atoms. The zero-order valence-corrected chi connectivity index (χ0v) is 61.0. The Morgan fingerprint density at radius 1 is 0.543 bits per heavy atom. The molecule has 6 aliphatic rings. The third-order valence-electron chi connectivity index (χ3n) is 22.5. The summed E-state index contributed by atoms with van der Waals surface area (Å²) < 4.78 is 26.4. The van der Waals surface area contributed by atoms with Gasteiger partial charge in [-0.3, -0.25) is 13.7 Å². The molecule has 12 aromatic rings. The summed E-state index contributed by atoms with van der Waals surface area (Å²) in [5, 5.41) is 47.4. The summed E-state index contributed by atoms with van der Waals surface area (Å²) in [5.41, 5.74) is 21.3. The molecule has 532 valence electrons. The van der Waals surface area contributed by atoms with Crippen molar-refractivity contribution in [1.29, 1.82) is 10.5 Å². The van der Waals surface area contributed by atoms with E-state index >= 15 is 0 Å². The molecule has 6 aromatic carbocycles. The number of nitriles is 2. The van der Waals surface area contributed by atoms with Crippen LogP contribution in [0.25, 0.3) is 85.0 Å². The van der Waals surface area contributed by atoms with Crippen LogP contribution in [0.15, 0.2) is 183 Å². The van der Waals surface area contributed by atoms with Gasteiger partial charge in [0, 0.05) is 116 Å². The smallest absolute Gasteiger partial charge is 0.185 e. The second-order valence-corrected chi connectivity index (χ2v) is 29.9. The second kappa shape index (κ2) is 29.7. The van der Waals surface area contributed by atoms with Crippen LogP contribution in [-0.4, -0.2) is 110 Å². The number of halogens is 2. The molecule has 0 unspecified atom stereocenters. The monoisotopic (exact) mass is 1410 g/mol. The lowest BCUT2D eigenvalue weighted by Gasteiger charge is -2.28. The number of aromatic nitrogens is 11. The summed E-state index contributed by atoms with van der Waals surface area (Å²) in [6, 6.07) is 54.6. The normalized spacial score (nSPS) is 17.8. The summed E-state index contributed by atoms with van der Waals surface area (Å²) in [7, 11) is 0. The minimum absolute atomic E-state index is 0.216. The lowest BCUT2D eigenvalue weighted by molar-refractivity contribution is 0.361. The third-order valence-corrected chi connectivity index (χ3v) is 22.9. The van der Waals surface area contributed by atoms with Crippen LogP contribution >= 0.6 is 11.6 Å². The van der Waals surface area contributed by atoms with Gasteiger partial charge in [-0.2, -0.15) is 10.5 Å². The first-order valence-corrected chi connectivity index (χ1v) is 37.7. The molecule has 6 aromatic heterocycles. The maximum atomic E-state index is 13.5. The highest BCUT2D eigenvalue weighted by atomic mass is 35.5. The molecule has 1 saturated carbocycles. The van der Waals surface area contributed by atoms with Crippen molar-refractivity contribution in [3.63, 3.8) is 0 Å².